The van der Waals surface area contributed by atoms with Crippen LogP contribution in [-0.2, 0) is 79.5 Å². The van der Waals surface area contributed by atoms with Crippen molar-refractivity contribution in [2.24, 2.45) is 0 Å². The second kappa shape index (κ2) is 52.2. The third-order valence-electron chi connectivity index (χ3n) is 15.9. The molecule has 23 heteroatoms. The van der Waals surface area contributed by atoms with Crippen molar-refractivity contribution >= 4 is 19.6 Å². The first-order valence-electron chi connectivity index (χ1n) is 36.2. The van der Waals surface area contributed by atoms with Gasteiger partial charge in [-0.3, -0.25) is 83.0 Å². The second-order valence-corrected chi connectivity index (χ2v) is 26.1. The van der Waals surface area contributed by atoms with Crippen LogP contribution in [0.2, 0.25) is 0 Å². The van der Waals surface area contributed by atoms with Crippen molar-refractivity contribution in [3.63, 3.8) is 0 Å². The van der Waals surface area contributed by atoms with E-state index < -0.39 is 7.82 Å². The van der Waals surface area contributed by atoms with Gasteiger partial charge in [-0.15, -0.1) is 0 Å². The summed E-state index contributed by atoms with van der Waals surface area (Å²) in [6.45, 7) is 7.76. The molecule has 0 aromatic carbocycles. The van der Waals surface area contributed by atoms with Crippen molar-refractivity contribution in [3.05, 3.63) is 291 Å². The van der Waals surface area contributed by atoms with E-state index in [9.17, 15) is 14.2 Å². The summed E-state index contributed by atoms with van der Waals surface area (Å²) in [7, 11) is -3.85. The molecule has 108 heavy (non-hydrogen) atoms. The molecular weight excluding hydrogens is 1550 g/mol. The molecule has 2 N–H and O–H groups in total. The summed E-state index contributed by atoms with van der Waals surface area (Å²) in [6, 6.07) is 62.5. The minimum Gasteiger partial charge on any atom is -0.356 e. The number of nitrogens with one attached hydrogen (secondary N) is 2. The monoisotopic (exact) mass is 1640 g/mol. The fourth-order valence-corrected chi connectivity index (χ4v) is 11.6. The van der Waals surface area contributed by atoms with Crippen LogP contribution in [0.25, 0.3) is 68.3 Å². The number of unbranched alkanes of at least 4 members (excludes halogenated alkanes) is 6. The van der Waals surface area contributed by atoms with Crippen LogP contribution in [0.15, 0.2) is 268 Å². The number of aryl methyl sites for hydroxylation is 4. The van der Waals surface area contributed by atoms with Crippen LogP contribution in [0, 0.1) is 13.8 Å². The smallest absolute Gasteiger partial charge is 0.356 e. The van der Waals surface area contributed by atoms with Crippen LogP contribution in [-0.4, -0.2) is 105 Å². The molecule has 12 aromatic rings. The average molecular weight is 1640 g/mol. The van der Waals surface area contributed by atoms with E-state index in [0.717, 1.165) is 150 Å². The fraction of sp³-hybridized carbons (Fsp3) is 0.271. The van der Waals surface area contributed by atoms with Crippen LogP contribution < -0.4 is 10.6 Å². The summed E-state index contributed by atoms with van der Waals surface area (Å²) < 4.78 is 30.4. The molecule has 0 saturated carbocycles. The molecule has 562 valence electrons. The Kier molecular flexibility index (Phi) is 42.0. The van der Waals surface area contributed by atoms with Gasteiger partial charge < -0.3 is 10.6 Å². The largest absolute Gasteiger partial charge is 0.474 e. The molecular formula is C85H95N14O6PRu2. The summed E-state index contributed by atoms with van der Waals surface area (Å²) in [4.78, 5) is 76.3. The third-order valence-corrected chi connectivity index (χ3v) is 17.4. The molecule has 20 nitrogen and oxygen atoms in total. The third kappa shape index (κ3) is 34.3. The summed E-state index contributed by atoms with van der Waals surface area (Å²) in [5.41, 5.74) is 15.4. The Morgan fingerprint density at radius 3 is 0.852 bits per heavy atom. The molecule has 0 saturated heterocycles. The van der Waals surface area contributed by atoms with Gasteiger partial charge in [0.1, 0.15) is 0 Å². The van der Waals surface area contributed by atoms with Crippen LogP contribution in [0.1, 0.15) is 113 Å². The minimum atomic E-state index is -3.85. The Morgan fingerprint density at radius 2 is 0.574 bits per heavy atom. The maximum absolute atomic E-state index is 13.5. The van der Waals surface area contributed by atoms with Gasteiger partial charge >= 0.3 is 7.82 Å². The molecule has 0 aliphatic heterocycles. The molecule has 12 aromatic heterocycles. The Bertz CT molecular complexity index is 3860. The van der Waals surface area contributed by atoms with Crippen LogP contribution >= 0.6 is 7.82 Å². The number of hydrogen-bond acceptors (Lipinski definition) is 18. The molecule has 0 radical (unpaired) electrons. The van der Waals surface area contributed by atoms with Gasteiger partial charge in [0, 0.05) is 139 Å². The van der Waals surface area contributed by atoms with Gasteiger partial charge in [-0.1, -0.05) is 81.1 Å². The van der Waals surface area contributed by atoms with Gasteiger partial charge in [0.25, 0.3) is 0 Å². The Balaban J connectivity index is 0.000000284. The first kappa shape index (κ1) is 87.0. The number of rotatable bonds is 33. The normalized spacial score (nSPS) is 10.4. The molecule has 0 unspecified atom stereocenters. The number of nitrogens with zero attached hydrogens (tertiary/aromatic N) is 12. The minimum absolute atomic E-state index is 0. The van der Waals surface area contributed by atoms with E-state index in [1.807, 2.05) is 208 Å². The predicted molar refractivity (Wildman–Crippen MR) is 419 cm³/mol. The van der Waals surface area contributed by atoms with Crippen LogP contribution in [0.4, 0.5) is 0 Å². The van der Waals surface area contributed by atoms with E-state index in [0.29, 0.717) is 25.9 Å². The van der Waals surface area contributed by atoms with Gasteiger partial charge in [-0.25, -0.2) is 4.57 Å². The van der Waals surface area contributed by atoms with Gasteiger partial charge in [-0.05, 0) is 239 Å². The standard InChI is InChI=1S/C45H63N6O6P.4C10H8N2.2Ru/c1-4-5-6-7-12-29-55-58(54,56-30-13-17-44(52)50-23-10-8-15-38-21-27-48-42(34-38)40-32-36(2)19-25-46-40)57-31-14-18-45(53)51-24-11-9-16-39-22-28-49-43(35-39)41-33-37(3)20-26-47-41;4*1-3-7-11-9(5-1)10-6-2-4-8-12-10;;/h19-22,25-28,32-35H,4-18,23-24,29-31H2,1-3H3,(H,50,52)(H,51,53);4*1-8H;;. The van der Waals surface area contributed by atoms with E-state index in [1.54, 1.807) is 62.0 Å². The van der Waals surface area contributed by atoms with Crippen LogP contribution in [0.5, 0.6) is 0 Å². The molecule has 0 bridgehead atoms. The SMILES string of the molecule is CCCCCCCOP(=O)(OCCCC(=O)NCCCCc1ccnc(-c2cc(C)ccn2)c1)OCCCC(=O)NCCCCc1ccnc(-c2cc(C)ccn2)c1.[Ru].[Ru].c1ccc(-c2ccccn2)nc1.c1ccc(-c2ccccn2)nc1.c1ccc(-c2ccccn2)nc1.c1ccc(-c2ccccn2)nc1. The van der Waals surface area contributed by atoms with E-state index in [-0.39, 0.29) is 83.4 Å². The number of carbonyl (C=O) groups excluding carboxylic acids is 2. The van der Waals surface area contributed by atoms with E-state index in [2.05, 4.69) is 89.5 Å². The second-order valence-electron chi connectivity index (χ2n) is 24.4. The van der Waals surface area contributed by atoms with E-state index in [4.69, 9.17) is 13.6 Å². The Labute approximate surface area is 661 Å². The van der Waals surface area contributed by atoms with E-state index in [1.165, 1.54) is 11.1 Å². The van der Waals surface area contributed by atoms with Gasteiger partial charge in [-0.2, -0.15) is 0 Å². The average Bonchev–Trinajstić information content (AvgIpc) is 0.879. The molecule has 12 rings (SSSR count). The molecule has 12 heterocycles. The number of amides is 2. The molecule has 0 aliphatic carbocycles. The van der Waals surface area contributed by atoms with Crippen molar-refractivity contribution in [3.8, 4) is 68.3 Å². The van der Waals surface area contributed by atoms with E-state index >= 15 is 0 Å². The summed E-state index contributed by atoms with van der Waals surface area (Å²) >= 11 is 0. The first-order chi connectivity index (χ1) is 52.1. The van der Waals surface area contributed by atoms with Crippen molar-refractivity contribution in [2.45, 2.75) is 117 Å². The Hall–Kier alpha value is -9.90. The maximum atomic E-state index is 13.5. The van der Waals surface area contributed by atoms with Gasteiger partial charge in [0.2, 0.25) is 11.8 Å². The van der Waals surface area contributed by atoms with Gasteiger partial charge in [0.15, 0.2) is 0 Å². The quantitative estimate of drug-likeness (QED) is 0.0220. The predicted octanol–water partition coefficient (Wildman–Crippen LogP) is 18.1. The van der Waals surface area contributed by atoms with Gasteiger partial charge in [0.05, 0.1) is 88.1 Å². The Morgan fingerprint density at radius 1 is 0.306 bits per heavy atom. The number of phosphoric ester groups is 1. The first-order valence-corrected chi connectivity index (χ1v) is 37.7. The van der Waals surface area contributed by atoms with Crippen molar-refractivity contribution in [1.82, 2.24) is 70.4 Å². The molecule has 0 fully saturated rings. The summed E-state index contributed by atoms with van der Waals surface area (Å²) in [6.07, 6.45) is 33.0. The maximum Gasteiger partial charge on any atom is 0.474 e. The van der Waals surface area contributed by atoms with Crippen LogP contribution in [0.3, 0.4) is 0 Å². The number of pyridine rings is 12. The number of aromatic nitrogens is 12. The molecule has 2 amide bonds. The topological polar surface area (TPSA) is 258 Å². The van der Waals surface area contributed by atoms with Crippen molar-refractivity contribution in [1.29, 1.82) is 0 Å². The van der Waals surface area contributed by atoms with Crippen molar-refractivity contribution < 1.29 is 66.7 Å². The fourth-order valence-electron chi connectivity index (χ4n) is 10.4. The number of carbonyl (C=O) groups is 2. The summed E-state index contributed by atoms with van der Waals surface area (Å²) in [5.74, 6) is -0.165. The molecule has 0 aliphatic rings. The summed E-state index contributed by atoms with van der Waals surface area (Å²) in [5, 5.41) is 5.94. The molecule has 0 spiro atoms. The zero-order valence-electron chi connectivity index (χ0n) is 61.5. The molecule has 0 atom stereocenters. The zero-order chi connectivity index (χ0) is 74.2. The number of phosphoric acid groups is 1. The zero-order valence-corrected chi connectivity index (χ0v) is 65.9. The van der Waals surface area contributed by atoms with Crippen molar-refractivity contribution in [2.75, 3.05) is 32.9 Å². The number of hydrogen-bond donors (Lipinski definition) is 2.